The summed E-state index contributed by atoms with van der Waals surface area (Å²) in [6.07, 6.45) is 0. The Morgan fingerprint density at radius 2 is 0.760 bits per heavy atom. The first-order chi connectivity index (χ1) is 11.7. The van der Waals surface area contributed by atoms with Crippen molar-refractivity contribution in [1.29, 1.82) is 0 Å². The van der Waals surface area contributed by atoms with E-state index in [0.29, 0.717) is 0 Å². The van der Waals surface area contributed by atoms with E-state index in [1.807, 2.05) is 0 Å². The molecule has 0 unspecified atom stereocenters. The molecule has 0 N–H and O–H groups in total. The number of hydrogen-bond donors (Lipinski definition) is 0. The van der Waals surface area contributed by atoms with Gasteiger partial charge >= 0.3 is 0 Å². The Labute approximate surface area is 158 Å². The number of piperazine rings is 2. The molecular formula is C21H46N4. The van der Waals surface area contributed by atoms with Crippen molar-refractivity contribution >= 4 is 0 Å². The van der Waals surface area contributed by atoms with Gasteiger partial charge in [-0.3, -0.25) is 14.7 Å². The smallest absolute Gasteiger partial charge is 0.0113 e. The molecule has 2 aliphatic rings. The third kappa shape index (κ3) is 8.85. The molecule has 2 fully saturated rings. The molecule has 2 aliphatic heterocycles. The highest BCUT2D eigenvalue weighted by Gasteiger charge is 2.20. The molecule has 0 saturated carbocycles. The van der Waals surface area contributed by atoms with Crippen LogP contribution >= 0.6 is 0 Å². The lowest BCUT2D eigenvalue weighted by molar-refractivity contribution is 0.0887. The molecule has 2 rings (SSSR count). The molecule has 150 valence electrons. The molecule has 0 amide bonds. The first-order valence-electron chi connectivity index (χ1n) is 10.6. The first-order valence-corrected chi connectivity index (χ1v) is 10.6. The predicted octanol–water partition coefficient (Wildman–Crippen LogP) is 3.09. The summed E-state index contributed by atoms with van der Waals surface area (Å²) in [6, 6.07) is 2.17. The van der Waals surface area contributed by atoms with E-state index in [1.54, 1.807) is 0 Å². The second kappa shape index (κ2) is 11.5. The van der Waals surface area contributed by atoms with Crippen LogP contribution in [0.1, 0.15) is 55.4 Å². The molecular weight excluding hydrogens is 308 g/mol. The van der Waals surface area contributed by atoms with Gasteiger partial charge in [-0.2, -0.15) is 0 Å². The molecule has 4 nitrogen and oxygen atoms in total. The minimum absolute atomic E-state index is 0.722. The van der Waals surface area contributed by atoms with Gasteiger partial charge in [0, 0.05) is 77.0 Å². The molecule has 2 saturated heterocycles. The Balaban J connectivity index is 0.000000251. The highest BCUT2D eigenvalue weighted by atomic mass is 15.3. The number of hydrogen-bond acceptors (Lipinski definition) is 4. The molecule has 0 atom stereocenters. The third-order valence-electron chi connectivity index (χ3n) is 5.57. The zero-order valence-corrected chi connectivity index (χ0v) is 18.5. The van der Waals surface area contributed by atoms with Crippen molar-refractivity contribution in [3.05, 3.63) is 0 Å². The highest BCUT2D eigenvalue weighted by Crippen LogP contribution is 2.08. The van der Waals surface area contributed by atoms with Crippen molar-refractivity contribution in [2.24, 2.45) is 5.92 Å². The molecule has 0 aromatic heterocycles. The van der Waals surface area contributed by atoms with Crippen molar-refractivity contribution in [3.8, 4) is 0 Å². The van der Waals surface area contributed by atoms with E-state index >= 15 is 0 Å². The quantitative estimate of drug-likeness (QED) is 0.752. The summed E-state index contributed by atoms with van der Waals surface area (Å²) in [4.78, 5) is 10.3. The second-order valence-electron chi connectivity index (χ2n) is 9.08. The molecule has 0 aromatic carbocycles. The summed E-state index contributed by atoms with van der Waals surface area (Å²) in [5.41, 5.74) is 0. The summed E-state index contributed by atoms with van der Waals surface area (Å²) < 4.78 is 0. The highest BCUT2D eigenvalue weighted by molar-refractivity contribution is 4.76. The van der Waals surface area contributed by atoms with E-state index in [-0.39, 0.29) is 0 Å². The lowest BCUT2D eigenvalue weighted by atomic mass is 10.2. The molecule has 2 heterocycles. The predicted molar refractivity (Wildman–Crippen MR) is 111 cm³/mol. The molecule has 0 aromatic rings. The van der Waals surface area contributed by atoms with Crippen LogP contribution in [0, 0.1) is 5.92 Å². The fraction of sp³-hybridized carbons (Fsp3) is 1.00. The van der Waals surface area contributed by atoms with E-state index in [0.717, 1.165) is 24.0 Å². The summed E-state index contributed by atoms with van der Waals surface area (Å²) in [6.45, 7) is 29.6. The van der Waals surface area contributed by atoms with Crippen molar-refractivity contribution in [3.63, 3.8) is 0 Å². The SMILES string of the molecule is CC(C)CN1CCN(C(C)C)CC1.CC(C)N1CCN(C(C)C)CC1. The maximum absolute atomic E-state index is 2.59. The average molecular weight is 355 g/mol. The minimum atomic E-state index is 0.722. The van der Waals surface area contributed by atoms with Crippen LogP contribution in [0.15, 0.2) is 0 Å². The van der Waals surface area contributed by atoms with Crippen LogP contribution in [0.25, 0.3) is 0 Å². The number of rotatable bonds is 5. The van der Waals surface area contributed by atoms with Gasteiger partial charge in [0.1, 0.15) is 0 Å². The lowest BCUT2D eigenvalue weighted by Crippen LogP contribution is -2.50. The molecule has 0 bridgehead atoms. The van der Waals surface area contributed by atoms with Crippen molar-refractivity contribution in [2.75, 3.05) is 58.9 Å². The first kappa shape index (κ1) is 22.9. The maximum atomic E-state index is 2.59. The Hall–Kier alpha value is -0.160. The molecule has 0 aliphatic carbocycles. The van der Waals surface area contributed by atoms with Gasteiger partial charge in [-0.15, -0.1) is 0 Å². The van der Waals surface area contributed by atoms with Gasteiger partial charge in [0.25, 0.3) is 0 Å². The second-order valence-corrected chi connectivity index (χ2v) is 9.08. The van der Waals surface area contributed by atoms with Crippen LogP contribution < -0.4 is 0 Å². The van der Waals surface area contributed by atoms with E-state index in [9.17, 15) is 0 Å². The van der Waals surface area contributed by atoms with Crippen LogP contribution in [0.4, 0.5) is 0 Å². The lowest BCUT2D eigenvalue weighted by Gasteiger charge is -2.38. The van der Waals surface area contributed by atoms with Crippen LogP contribution in [-0.2, 0) is 0 Å². The van der Waals surface area contributed by atoms with Crippen LogP contribution in [0.2, 0.25) is 0 Å². The fourth-order valence-electron chi connectivity index (χ4n) is 3.75. The van der Waals surface area contributed by atoms with Gasteiger partial charge in [-0.1, -0.05) is 13.8 Å². The summed E-state index contributed by atoms with van der Waals surface area (Å²) in [5, 5.41) is 0. The fourth-order valence-corrected chi connectivity index (χ4v) is 3.75. The molecule has 4 heteroatoms. The van der Waals surface area contributed by atoms with Gasteiger partial charge in [-0.05, 0) is 47.5 Å². The van der Waals surface area contributed by atoms with Gasteiger partial charge in [-0.25, -0.2) is 0 Å². The van der Waals surface area contributed by atoms with Gasteiger partial charge in [0.05, 0.1) is 0 Å². The van der Waals surface area contributed by atoms with Crippen molar-refractivity contribution in [1.82, 2.24) is 19.6 Å². The zero-order valence-electron chi connectivity index (χ0n) is 18.5. The zero-order chi connectivity index (χ0) is 19.0. The van der Waals surface area contributed by atoms with Crippen molar-refractivity contribution < 1.29 is 0 Å². The van der Waals surface area contributed by atoms with E-state index in [2.05, 4.69) is 75.0 Å². The van der Waals surface area contributed by atoms with E-state index in [4.69, 9.17) is 0 Å². The topological polar surface area (TPSA) is 13.0 Å². The minimum Gasteiger partial charge on any atom is -0.301 e. The van der Waals surface area contributed by atoms with Crippen molar-refractivity contribution in [2.45, 2.75) is 73.5 Å². The van der Waals surface area contributed by atoms with Crippen LogP contribution in [0.3, 0.4) is 0 Å². The average Bonchev–Trinajstić information content (AvgIpc) is 2.55. The Morgan fingerprint density at radius 1 is 0.480 bits per heavy atom. The van der Waals surface area contributed by atoms with Crippen LogP contribution in [0.5, 0.6) is 0 Å². The largest absolute Gasteiger partial charge is 0.301 e. The Morgan fingerprint density at radius 3 is 1.00 bits per heavy atom. The molecule has 0 spiro atoms. The van der Waals surface area contributed by atoms with Crippen LogP contribution in [-0.4, -0.2) is 96.6 Å². The molecule has 25 heavy (non-hydrogen) atoms. The summed E-state index contributed by atoms with van der Waals surface area (Å²) >= 11 is 0. The standard InChI is InChI=1S/C11H24N2.C10H22N2/c1-10(2)9-12-5-7-13(8-6-12)11(3)4;1-9(2)11-5-7-12(8-6-11)10(3)4/h10-11H,5-9H2,1-4H3;9-10H,5-8H2,1-4H3. The number of nitrogens with zero attached hydrogens (tertiary/aromatic N) is 4. The summed E-state index contributed by atoms with van der Waals surface area (Å²) in [5.74, 6) is 0.811. The monoisotopic (exact) mass is 354 g/mol. The molecule has 0 radical (unpaired) electrons. The van der Waals surface area contributed by atoms with E-state index < -0.39 is 0 Å². The van der Waals surface area contributed by atoms with Gasteiger partial charge < -0.3 is 4.90 Å². The summed E-state index contributed by atoms with van der Waals surface area (Å²) in [7, 11) is 0. The van der Waals surface area contributed by atoms with Gasteiger partial charge in [0.2, 0.25) is 0 Å². The third-order valence-corrected chi connectivity index (χ3v) is 5.57. The normalized spacial score (nSPS) is 22.1. The Bertz CT molecular complexity index is 309. The maximum Gasteiger partial charge on any atom is 0.0113 e. The van der Waals surface area contributed by atoms with Gasteiger partial charge in [0.15, 0.2) is 0 Å². The van der Waals surface area contributed by atoms with E-state index in [1.165, 1.54) is 58.9 Å². The Kier molecular flexibility index (Phi) is 10.6.